The number of hydrogen-bond acceptors (Lipinski definition) is 3. The van der Waals surface area contributed by atoms with Gasteiger partial charge in [0.25, 0.3) is 0 Å². The molecule has 1 heterocycles. The van der Waals surface area contributed by atoms with Gasteiger partial charge in [-0.1, -0.05) is 20.8 Å². The molecule has 1 N–H and O–H groups in total. The van der Waals surface area contributed by atoms with E-state index in [2.05, 4.69) is 32.9 Å². The summed E-state index contributed by atoms with van der Waals surface area (Å²) in [5.74, 6) is 0.550. The van der Waals surface area contributed by atoms with Gasteiger partial charge in [-0.2, -0.15) is 0 Å². The molecule has 0 aliphatic carbocycles. The molecule has 0 spiro atoms. The number of nitrogens with zero attached hydrogens (tertiary/aromatic N) is 1. The van der Waals surface area contributed by atoms with Crippen LogP contribution in [0.25, 0.3) is 0 Å². The van der Waals surface area contributed by atoms with Crippen molar-refractivity contribution in [2.24, 2.45) is 5.41 Å². The van der Waals surface area contributed by atoms with Crippen LogP contribution in [0.2, 0.25) is 0 Å². The van der Waals surface area contributed by atoms with Crippen LogP contribution in [0.1, 0.15) is 20.8 Å². The van der Waals surface area contributed by atoms with Gasteiger partial charge in [-0.05, 0) is 28.7 Å². The lowest BCUT2D eigenvalue weighted by Gasteiger charge is -2.19. The SMILES string of the molecule is COc1c(NC(=O)C(C)(C)C)ccnc1I. The fourth-order valence-electron chi connectivity index (χ4n) is 1.03. The molecule has 0 fully saturated rings. The summed E-state index contributed by atoms with van der Waals surface area (Å²) in [4.78, 5) is 15.9. The molecule has 0 atom stereocenters. The fraction of sp³-hybridized carbons (Fsp3) is 0.455. The Labute approximate surface area is 109 Å². The Morgan fingerprint density at radius 2 is 2.12 bits per heavy atom. The van der Waals surface area contributed by atoms with E-state index in [-0.39, 0.29) is 5.91 Å². The van der Waals surface area contributed by atoms with Crippen LogP contribution in [0.15, 0.2) is 12.3 Å². The molecule has 1 rings (SSSR count). The number of halogens is 1. The summed E-state index contributed by atoms with van der Waals surface area (Å²) in [6.07, 6.45) is 1.64. The Kier molecular flexibility index (Phi) is 4.12. The lowest BCUT2D eigenvalue weighted by Crippen LogP contribution is -2.27. The van der Waals surface area contributed by atoms with Crippen LogP contribution in [0.3, 0.4) is 0 Å². The third-order valence-electron chi connectivity index (χ3n) is 1.99. The predicted molar refractivity (Wildman–Crippen MR) is 71.6 cm³/mol. The highest BCUT2D eigenvalue weighted by atomic mass is 127. The van der Waals surface area contributed by atoms with Crippen LogP contribution in [0.4, 0.5) is 5.69 Å². The molecule has 16 heavy (non-hydrogen) atoms. The van der Waals surface area contributed by atoms with Gasteiger partial charge in [-0.3, -0.25) is 4.79 Å². The van der Waals surface area contributed by atoms with E-state index in [1.807, 2.05) is 20.8 Å². The number of rotatable bonds is 2. The minimum absolute atomic E-state index is 0.0483. The van der Waals surface area contributed by atoms with Crippen molar-refractivity contribution >= 4 is 34.2 Å². The molecule has 0 unspecified atom stereocenters. The van der Waals surface area contributed by atoms with E-state index in [0.717, 1.165) is 3.70 Å². The van der Waals surface area contributed by atoms with Crippen LogP contribution >= 0.6 is 22.6 Å². The lowest BCUT2D eigenvalue weighted by atomic mass is 9.95. The van der Waals surface area contributed by atoms with E-state index in [1.165, 1.54) is 0 Å². The maximum Gasteiger partial charge on any atom is 0.229 e. The molecule has 0 aliphatic rings. The van der Waals surface area contributed by atoms with Gasteiger partial charge in [0, 0.05) is 11.6 Å². The number of amides is 1. The average Bonchev–Trinajstić information content (AvgIpc) is 2.16. The summed E-state index contributed by atoms with van der Waals surface area (Å²) in [6, 6.07) is 1.73. The number of carbonyl (C=O) groups is 1. The number of carbonyl (C=O) groups excluding carboxylic acids is 1. The zero-order chi connectivity index (χ0) is 12.3. The van der Waals surface area contributed by atoms with Crippen LogP contribution in [-0.4, -0.2) is 18.0 Å². The molecule has 1 aromatic rings. The first kappa shape index (κ1) is 13.2. The summed E-state index contributed by atoms with van der Waals surface area (Å²) in [5, 5.41) is 2.83. The zero-order valence-corrected chi connectivity index (χ0v) is 12.0. The second-order valence-electron chi connectivity index (χ2n) is 4.39. The van der Waals surface area contributed by atoms with Gasteiger partial charge < -0.3 is 10.1 Å². The fourth-order valence-corrected chi connectivity index (χ4v) is 1.70. The molecule has 0 aromatic carbocycles. The molecule has 4 nitrogen and oxygen atoms in total. The summed E-state index contributed by atoms with van der Waals surface area (Å²) in [5.41, 5.74) is 0.224. The third kappa shape index (κ3) is 3.07. The van der Waals surface area contributed by atoms with Crippen molar-refractivity contribution in [3.63, 3.8) is 0 Å². The Morgan fingerprint density at radius 1 is 1.50 bits per heavy atom. The summed E-state index contributed by atoms with van der Waals surface area (Å²) in [6.45, 7) is 5.59. The molecule has 1 amide bonds. The highest BCUT2D eigenvalue weighted by Crippen LogP contribution is 2.29. The Balaban J connectivity index is 2.98. The first-order valence-corrected chi connectivity index (χ1v) is 5.94. The third-order valence-corrected chi connectivity index (χ3v) is 2.76. The highest BCUT2D eigenvalue weighted by Gasteiger charge is 2.22. The monoisotopic (exact) mass is 334 g/mol. The minimum atomic E-state index is -0.431. The van der Waals surface area contributed by atoms with Crippen LogP contribution in [-0.2, 0) is 4.79 Å². The van der Waals surface area contributed by atoms with E-state index in [4.69, 9.17) is 4.74 Å². The van der Waals surface area contributed by atoms with Crippen LogP contribution in [0, 0.1) is 9.12 Å². The molecular formula is C11H15IN2O2. The van der Waals surface area contributed by atoms with E-state index < -0.39 is 5.41 Å². The molecule has 0 saturated heterocycles. The molecule has 88 valence electrons. The first-order chi connectivity index (χ1) is 7.36. The molecule has 0 radical (unpaired) electrons. The topological polar surface area (TPSA) is 51.2 Å². The molecule has 0 bridgehead atoms. The van der Waals surface area contributed by atoms with Crippen molar-refractivity contribution in [3.05, 3.63) is 16.0 Å². The van der Waals surface area contributed by atoms with Crippen molar-refractivity contribution < 1.29 is 9.53 Å². The van der Waals surface area contributed by atoms with Gasteiger partial charge >= 0.3 is 0 Å². The molecule has 1 aromatic heterocycles. The largest absolute Gasteiger partial charge is 0.492 e. The standard InChI is InChI=1S/C11H15IN2O2/c1-11(2,3)10(15)14-7-5-6-13-9(12)8(7)16-4/h5-6H,1-4H3,(H,13,14,15). The zero-order valence-electron chi connectivity index (χ0n) is 9.80. The number of anilines is 1. The maximum atomic E-state index is 11.8. The molecule has 5 heteroatoms. The number of methoxy groups -OCH3 is 1. The lowest BCUT2D eigenvalue weighted by molar-refractivity contribution is -0.123. The van der Waals surface area contributed by atoms with Crippen molar-refractivity contribution in [2.75, 3.05) is 12.4 Å². The Bertz CT molecular complexity index is 399. The maximum absolute atomic E-state index is 11.8. The normalized spacial score (nSPS) is 11.1. The number of nitrogens with one attached hydrogen (secondary N) is 1. The predicted octanol–water partition coefficient (Wildman–Crippen LogP) is 2.68. The van der Waals surface area contributed by atoms with Gasteiger partial charge in [0.15, 0.2) is 5.75 Å². The first-order valence-electron chi connectivity index (χ1n) is 4.86. The number of aromatic nitrogens is 1. The van der Waals surface area contributed by atoms with Gasteiger partial charge in [0.2, 0.25) is 5.91 Å². The van der Waals surface area contributed by atoms with E-state index in [0.29, 0.717) is 11.4 Å². The van der Waals surface area contributed by atoms with E-state index in [9.17, 15) is 4.79 Å². The van der Waals surface area contributed by atoms with E-state index in [1.54, 1.807) is 19.4 Å². The second kappa shape index (κ2) is 4.99. The Hall–Kier alpha value is -0.850. The van der Waals surface area contributed by atoms with Crippen molar-refractivity contribution in [1.82, 2.24) is 4.98 Å². The molecular weight excluding hydrogens is 319 g/mol. The molecule has 0 saturated carbocycles. The number of hydrogen-bond donors (Lipinski definition) is 1. The van der Waals surface area contributed by atoms with Crippen molar-refractivity contribution in [2.45, 2.75) is 20.8 Å². The van der Waals surface area contributed by atoms with Gasteiger partial charge in [-0.15, -0.1) is 0 Å². The quantitative estimate of drug-likeness (QED) is 0.668. The summed E-state index contributed by atoms with van der Waals surface area (Å²) >= 11 is 2.07. The molecule has 0 aliphatic heterocycles. The Morgan fingerprint density at radius 3 is 2.62 bits per heavy atom. The minimum Gasteiger partial charge on any atom is -0.492 e. The van der Waals surface area contributed by atoms with Gasteiger partial charge in [0.1, 0.15) is 3.70 Å². The second-order valence-corrected chi connectivity index (χ2v) is 5.41. The summed E-state index contributed by atoms with van der Waals surface area (Å²) in [7, 11) is 1.56. The average molecular weight is 334 g/mol. The van der Waals surface area contributed by atoms with Crippen LogP contribution < -0.4 is 10.1 Å². The van der Waals surface area contributed by atoms with E-state index >= 15 is 0 Å². The van der Waals surface area contributed by atoms with Crippen molar-refractivity contribution in [1.29, 1.82) is 0 Å². The number of ether oxygens (including phenoxy) is 1. The smallest absolute Gasteiger partial charge is 0.229 e. The van der Waals surface area contributed by atoms with Gasteiger partial charge in [0.05, 0.1) is 12.8 Å². The highest BCUT2D eigenvalue weighted by molar-refractivity contribution is 14.1. The van der Waals surface area contributed by atoms with Gasteiger partial charge in [-0.25, -0.2) is 4.98 Å². The van der Waals surface area contributed by atoms with Crippen molar-refractivity contribution in [3.8, 4) is 5.75 Å². The summed E-state index contributed by atoms with van der Waals surface area (Å²) < 4.78 is 5.93. The number of pyridine rings is 1. The van der Waals surface area contributed by atoms with Crippen LogP contribution in [0.5, 0.6) is 5.75 Å².